The van der Waals surface area contributed by atoms with Gasteiger partial charge in [0, 0.05) is 17.0 Å². The molecular formula is C16H24N2OS. The molecule has 1 aliphatic rings. The van der Waals surface area contributed by atoms with E-state index in [1.165, 1.54) is 24.8 Å². The number of hydrogen-bond acceptors (Lipinski definition) is 3. The summed E-state index contributed by atoms with van der Waals surface area (Å²) in [6.45, 7) is 3.98. The zero-order chi connectivity index (χ0) is 14.5. The third-order valence-corrected chi connectivity index (χ3v) is 5.10. The van der Waals surface area contributed by atoms with Gasteiger partial charge in [-0.3, -0.25) is 4.79 Å². The molecule has 1 aromatic carbocycles. The van der Waals surface area contributed by atoms with Gasteiger partial charge in [0.05, 0.1) is 6.04 Å². The van der Waals surface area contributed by atoms with Gasteiger partial charge in [-0.1, -0.05) is 24.1 Å². The third kappa shape index (κ3) is 4.00. The normalized spacial score (nSPS) is 23.6. The number of nitrogens with one attached hydrogen (secondary N) is 2. The smallest absolute Gasteiger partial charge is 0.241 e. The summed E-state index contributed by atoms with van der Waals surface area (Å²) in [5, 5.41) is 7.09. The topological polar surface area (TPSA) is 41.1 Å². The molecule has 0 aliphatic heterocycles. The molecule has 2 rings (SSSR count). The maximum atomic E-state index is 12.2. The van der Waals surface area contributed by atoms with Gasteiger partial charge in [-0.05, 0) is 45.1 Å². The van der Waals surface area contributed by atoms with E-state index in [0.29, 0.717) is 11.3 Å². The Morgan fingerprint density at radius 1 is 1.30 bits per heavy atom. The number of hydrogen-bond donors (Lipinski definition) is 2. The van der Waals surface area contributed by atoms with Gasteiger partial charge in [0.1, 0.15) is 0 Å². The van der Waals surface area contributed by atoms with Gasteiger partial charge < -0.3 is 10.6 Å². The van der Waals surface area contributed by atoms with E-state index in [1.54, 1.807) is 0 Å². The first-order valence-corrected chi connectivity index (χ1v) is 8.55. The van der Waals surface area contributed by atoms with Crippen molar-refractivity contribution in [2.24, 2.45) is 0 Å². The molecule has 1 aromatic rings. The van der Waals surface area contributed by atoms with Crippen LogP contribution in [-0.2, 0) is 4.79 Å². The number of anilines is 1. The number of amides is 1. The van der Waals surface area contributed by atoms with Crippen molar-refractivity contribution in [3.05, 3.63) is 29.8 Å². The number of benzene rings is 1. The van der Waals surface area contributed by atoms with Crippen molar-refractivity contribution in [1.82, 2.24) is 5.32 Å². The predicted molar refractivity (Wildman–Crippen MR) is 87.3 cm³/mol. The lowest BCUT2D eigenvalue weighted by atomic mass is 10.2. The third-order valence-electron chi connectivity index (χ3n) is 3.93. The lowest BCUT2D eigenvalue weighted by Gasteiger charge is -2.23. The molecule has 20 heavy (non-hydrogen) atoms. The SMILES string of the molecule is CSC1CCCC1NC(C)C(=O)Nc1ccc(C)cc1. The number of carbonyl (C=O) groups excluding carboxylic acids is 1. The molecular weight excluding hydrogens is 268 g/mol. The maximum Gasteiger partial charge on any atom is 0.241 e. The standard InChI is InChI=1S/C16H24N2OS/c1-11-7-9-13(10-8-11)18-16(19)12(2)17-14-5-4-6-15(14)20-3/h7-10,12,14-15,17H,4-6H2,1-3H3,(H,18,19). The number of carbonyl (C=O) groups is 1. The van der Waals surface area contributed by atoms with Gasteiger partial charge in [-0.25, -0.2) is 0 Å². The fourth-order valence-electron chi connectivity index (χ4n) is 2.68. The fraction of sp³-hybridized carbons (Fsp3) is 0.562. The molecule has 110 valence electrons. The summed E-state index contributed by atoms with van der Waals surface area (Å²) in [6, 6.07) is 8.21. The van der Waals surface area contributed by atoms with E-state index < -0.39 is 0 Å². The van der Waals surface area contributed by atoms with Gasteiger partial charge in [-0.15, -0.1) is 0 Å². The Bertz CT molecular complexity index is 446. The fourth-order valence-corrected chi connectivity index (χ4v) is 3.63. The average Bonchev–Trinajstić information content (AvgIpc) is 2.88. The molecule has 1 aliphatic carbocycles. The van der Waals surface area contributed by atoms with E-state index in [9.17, 15) is 4.79 Å². The van der Waals surface area contributed by atoms with Gasteiger partial charge in [0.15, 0.2) is 0 Å². The van der Waals surface area contributed by atoms with E-state index >= 15 is 0 Å². The molecule has 3 nitrogen and oxygen atoms in total. The van der Waals surface area contributed by atoms with Crippen LogP contribution in [0.1, 0.15) is 31.7 Å². The first kappa shape index (κ1) is 15.4. The average molecular weight is 292 g/mol. The van der Waals surface area contributed by atoms with Crippen molar-refractivity contribution in [2.45, 2.75) is 50.4 Å². The second kappa shape index (κ2) is 7.14. The van der Waals surface area contributed by atoms with Crippen LogP contribution in [0.3, 0.4) is 0 Å². The minimum Gasteiger partial charge on any atom is -0.325 e. The molecule has 1 amide bonds. The highest BCUT2D eigenvalue weighted by atomic mass is 32.2. The molecule has 2 N–H and O–H groups in total. The summed E-state index contributed by atoms with van der Waals surface area (Å²) in [6.07, 6.45) is 5.84. The lowest BCUT2D eigenvalue weighted by molar-refractivity contribution is -0.117. The zero-order valence-corrected chi connectivity index (χ0v) is 13.3. The second-order valence-corrected chi connectivity index (χ2v) is 6.63. The molecule has 1 saturated carbocycles. The van der Waals surface area contributed by atoms with Crippen LogP contribution in [0.4, 0.5) is 5.69 Å². The molecule has 4 heteroatoms. The summed E-state index contributed by atoms with van der Waals surface area (Å²) in [4.78, 5) is 12.2. The van der Waals surface area contributed by atoms with Gasteiger partial charge >= 0.3 is 0 Å². The molecule has 0 bridgehead atoms. The van der Waals surface area contributed by atoms with Gasteiger partial charge in [0.25, 0.3) is 0 Å². The van der Waals surface area contributed by atoms with Crippen molar-refractivity contribution < 1.29 is 4.79 Å². The van der Waals surface area contributed by atoms with Crippen molar-refractivity contribution in [2.75, 3.05) is 11.6 Å². The highest BCUT2D eigenvalue weighted by Gasteiger charge is 2.28. The maximum absolute atomic E-state index is 12.2. The second-order valence-electron chi connectivity index (χ2n) is 5.56. The van der Waals surface area contributed by atoms with Crippen LogP contribution in [0.25, 0.3) is 0 Å². The molecule has 0 saturated heterocycles. The highest BCUT2D eigenvalue weighted by molar-refractivity contribution is 7.99. The largest absolute Gasteiger partial charge is 0.325 e. The summed E-state index contributed by atoms with van der Waals surface area (Å²) >= 11 is 1.91. The summed E-state index contributed by atoms with van der Waals surface area (Å²) in [5.74, 6) is 0.0422. The minimum absolute atomic E-state index is 0.0422. The zero-order valence-electron chi connectivity index (χ0n) is 12.5. The van der Waals surface area contributed by atoms with Gasteiger partial charge in [-0.2, -0.15) is 11.8 Å². The summed E-state index contributed by atoms with van der Waals surface area (Å²) < 4.78 is 0. The minimum atomic E-state index is -0.158. The Morgan fingerprint density at radius 2 is 2.00 bits per heavy atom. The van der Waals surface area contributed by atoms with Crippen molar-refractivity contribution in [1.29, 1.82) is 0 Å². The van der Waals surface area contributed by atoms with Crippen LogP contribution in [0.15, 0.2) is 24.3 Å². The molecule has 3 atom stereocenters. The molecule has 3 unspecified atom stereocenters. The molecule has 0 aromatic heterocycles. The van der Waals surface area contributed by atoms with Crippen LogP contribution in [0.5, 0.6) is 0 Å². The van der Waals surface area contributed by atoms with Crippen LogP contribution < -0.4 is 10.6 Å². The molecule has 1 fully saturated rings. The monoisotopic (exact) mass is 292 g/mol. The van der Waals surface area contributed by atoms with Crippen LogP contribution in [0.2, 0.25) is 0 Å². The highest BCUT2D eigenvalue weighted by Crippen LogP contribution is 2.28. The first-order chi connectivity index (χ1) is 9.60. The van der Waals surface area contributed by atoms with E-state index in [0.717, 1.165) is 5.69 Å². The van der Waals surface area contributed by atoms with Gasteiger partial charge in [0.2, 0.25) is 5.91 Å². The van der Waals surface area contributed by atoms with E-state index in [4.69, 9.17) is 0 Å². The van der Waals surface area contributed by atoms with Crippen LogP contribution in [0, 0.1) is 6.92 Å². The number of aryl methyl sites for hydroxylation is 1. The summed E-state index contributed by atoms with van der Waals surface area (Å²) in [7, 11) is 0. The Balaban J connectivity index is 1.87. The Hall–Kier alpha value is -1.00. The van der Waals surface area contributed by atoms with Crippen LogP contribution in [-0.4, -0.2) is 29.5 Å². The van der Waals surface area contributed by atoms with Crippen LogP contribution >= 0.6 is 11.8 Å². The van der Waals surface area contributed by atoms with Crippen molar-refractivity contribution in [3.63, 3.8) is 0 Å². The first-order valence-electron chi connectivity index (χ1n) is 7.26. The quantitative estimate of drug-likeness (QED) is 0.875. The predicted octanol–water partition coefficient (Wildman–Crippen LogP) is 3.20. The van der Waals surface area contributed by atoms with Crippen molar-refractivity contribution >= 4 is 23.4 Å². The van der Waals surface area contributed by atoms with E-state index in [1.807, 2.05) is 49.9 Å². The number of thioether (sulfide) groups is 1. The Morgan fingerprint density at radius 3 is 2.65 bits per heavy atom. The molecule has 0 spiro atoms. The van der Waals surface area contributed by atoms with Crippen molar-refractivity contribution in [3.8, 4) is 0 Å². The molecule has 0 radical (unpaired) electrons. The molecule has 0 heterocycles. The Kier molecular flexibility index (Phi) is 5.49. The Labute approximate surface area is 125 Å². The van der Waals surface area contributed by atoms with E-state index in [-0.39, 0.29) is 11.9 Å². The number of rotatable bonds is 5. The summed E-state index contributed by atoms with van der Waals surface area (Å²) in [5.41, 5.74) is 2.06. The van der Waals surface area contributed by atoms with E-state index in [2.05, 4.69) is 16.9 Å². The lowest BCUT2D eigenvalue weighted by Crippen LogP contribution is -2.46.